The van der Waals surface area contributed by atoms with Gasteiger partial charge >= 0.3 is 0 Å². The van der Waals surface area contributed by atoms with E-state index in [1.54, 1.807) is 38.1 Å². The highest BCUT2D eigenvalue weighted by molar-refractivity contribution is 6.32. The van der Waals surface area contributed by atoms with E-state index in [2.05, 4.69) is 13.8 Å². The van der Waals surface area contributed by atoms with Gasteiger partial charge in [0.25, 0.3) is 0 Å². The van der Waals surface area contributed by atoms with Crippen LogP contribution in [-0.2, 0) is 41.4 Å². The van der Waals surface area contributed by atoms with Crippen molar-refractivity contribution in [2.75, 3.05) is 27.9 Å². The molecule has 2 fully saturated rings. The molecule has 2 saturated heterocycles. The zero-order chi connectivity index (χ0) is 55.6. The van der Waals surface area contributed by atoms with Crippen LogP contribution in [0.5, 0.6) is 34.5 Å². The third-order valence-corrected chi connectivity index (χ3v) is 16.6. The van der Waals surface area contributed by atoms with Crippen LogP contribution in [0.1, 0.15) is 195 Å². The van der Waals surface area contributed by atoms with Crippen LogP contribution < -0.4 is 19.9 Å². The molecule has 0 saturated carbocycles. The van der Waals surface area contributed by atoms with Crippen molar-refractivity contribution in [2.45, 2.75) is 158 Å². The van der Waals surface area contributed by atoms with Crippen LogP contribution in [0.25, 0.3) is 0 Å². The minimum Gasteiger partial charge on any atom is -0.507 e. The van der Waals surface area contributed by atoms with E-state index in [1.807, 2.05) is 6.92 Å². The Morgan fingerprint density at radius 2 is 1.05 bits per heavy atom. The minimum atomic E-state index is -0.977. The molecule has 0 radical (unpaired) electrons. The van der Waals surface area contributed by atoms with E-state index in [9.17, 15) is 54.3 Å². The normalized spacial score (nSPS) is 26.7. The molecule has 6 aliphatic rings. The summed E-state index contributed by atoms with van der Waals surface area (Å²) in [5, 5.41) is 54.4. The number of carbonyl (C=O) groups excluding carboxylic acids is 6. The fraction of sp³-hybridized carbons (Fsp3) is 0.516. The number of ether oxygens (including phenoxy) is 7. The molecule has 10 rings (SSSR count). The van der Waals surface area contributed by atoms with E-state index >= 15 is 0 Å². The first-order valence-corrected chi connectivity index (χ1v) is 26.0. The highest BCUT2D eigenvalue weighted by Crippen LogP contribution is 2.54. The van der Waals surface area contributed by atoms with Crippen molar-refractivity contribution in [3.05, 3.63) is 103 Å². The average Bonchev–Trinajstić information content (AvgIpc) is 3.42. The van der Waals surface area contributed by atoms with Crippen LogP contribution >= 0.6 is 0 Å². The maximum Gasteiger partial charge on any atom is 0.202 e. The van der Waals surface area contributed by atoms with Crippen molar-refractivity contribution in [3.8, 4) is 34.5 Å². The number of phenols is 3. The lowest BCUT2D eigenvalue weighted by Gasteiger charge is -2.41. The predicted molar refractivity (Wildman–Crippen MR) is 300 cm³/mol. The van der Waals surface area contributed by atoms with Gasteiger partial charge in [0.2, 0.25) is 11.6 Å². The number of Topliss-reactive ketones (excluding diaryl/α,β-unsaturated/α-hetero) is 2. The number of aliphatic hydroxyl groups excluding tert-OH is 2. The van der Waals surface area contributed by atoms with Crippen LogP contribution in [-0.4, -0.2) is 125 Å². The molecular weight excluding hydrogens is 1050 g/mol. The van der Waals surface area contributed by atoms with Gasteiger partial charge in [-0.3, -0.25) is 28.8 Å². The van der Waals surface area contributed by atoms with E-state index in [1.165, 1.54) is 33.5 Å². The van der Waals surface area contributed by atoms with Gasteiger partial charge in [-0.1, -0.05) is 74.7 Å². The number of hydrogen-bond acceptors (Lipinski definition) is 19. The molecule has 442 valence electrons. The summed E-state index contributed by atoms with van der Waals surface area (Å²) in [5.41, 5.74) is 6.51. The van der Waals surface area contributed by atoms with Crippen LogP contribution in [0.2, 0.25) is 0 Å². The van der Waals surface area contributed by atoms with Crippen molar-refractivity contribution in [1.82, 2.24) is 0 Å². The summed E-state index contributed by atoms with van der Waals surface area (Å²) in [7, 11) is 4.12. The number of hydrogen-bond donors (Lipinski definition) is 6. The molecular formula is C62H81NO18. The highest BCUT2D eigenvalue weighted by Gasteiger charge is 2.48. The molecule has 12 atom stereocenters. The van der Waals surface area contributed by atoms with Gasteiger partial charge in [-0.25, -0.2) is 0 Å². The second-order valence-electron chi connectivity index (χ2n) is 20.9. The van der Waals surface area contributed by atoms with E-state index in [-0.39, 0.29) is 158 Å². The van der Waals surface area contributed by atoms with Gasteiger partial charge in [0.05, 0.1) is 85.2 Å². The Bertz CT molecular complexity index is 3070. The average molecular weight is 1130 g/mol. The first-order chi connectivity index (χ1) is 36.7. The van der Waals surface area contributed by atoms with Crippen molar-refractivity contribution in [2.24, 2.45) is 29.4 Å². The molecule has 0 bridgehead atoms. The minimum absolute atomic E-state index is 0. The SMILES string of the molecule is C.C.C.C.CCC(=O)[C@@H]1Cc2c(O)c3c(c(O)c2[C@@H](O[C@H]2C[C@H](C)[C@@H](C)[C@H](C)O2)C1)C(=O)c1c(OC)cccc1C3=O.COc1cccc2c1C(=O)c1c(O)c3c(c(OC)c1C2=O)C[C@@H](C(=O)CO)C[C@@H]3O[C@H]1C[C@H](N)[C@@H](O)[C@H](C)O1. The van der Waals surface area contributed by atoms with Crippen molar-refractivity contribution >= 4 is 34.7 Å². The second-order valence-corrected chi connectivity index (χ2v) is 20.9. The largest absolute Gasteiger partial charge is 0.507 e. The molecule has 0 amide bonds. The summed E-state index contributed by atoms with van der Waals surface area (Å²) in [6.07, 6.45) is -3.25. The first-order valence-electron chi connectivity index (χ1n) is 26.0. The molecule has 81 heavy (non-hydrogen) atoms. The van der Waals surface area contributed by atoms with Gasteiger partial charge in [-0.2, -0.15) is 0 Å². The monoisotopic (exact) mass is 1130 g/mol. The molecule has 19 nitrogen and oxygen atoms in total. The lowest BCUT2D eigenvalue weighted by Crippen LogP contribution is -2.52. The van der Waals surface area contributed by atoms with Gasteiger partial charge in [0.15, 0.2) is 29.9 Å². The van der Waals surface area contributed by atoms with Crippen LogP contribution in [0.3, 0.4) is 0 Å². The van der Waals surface area contributed by atoms with Crippen molar-refractivity contribution in [3.63, 3.8) is 0 Å². The summed E-state index contributed by atoms with van der Waals surface area (Å²) in [6.45, 7) is 8.97. The lowest BCUT2D eigenvalue weighted by atomic mass is 9.73. The third-order valence-electron chi connectivity index (χ3n) is 16.6. The molecule has 7 N–H and O–H groups in total. The van der Waals surface area contributed by atoms with Gasteiger partial charge in [0, 0.05) is 70.5 Å². The maximum absolute atomic E-state index is 13.8. The molecule has 0 aromatic heterocycles. The van der Waals surface area contributed by atoms with Gasteiger partial charge < -0.3 is 64.4 Å². The quantitative estimate of drug-likeness (QED) is 0.0662. The number of nitrogens with two attached hydrogens (primary N) is 1. The van der Waals surface area contributed by atoms with Crippen LogP contribution in [0.15, 0.2) is 36.4 Å². The molecule has 2 heterocycles. The van der Waals surface area contributed by atoms with Gasteiger partial charge in [-0.05, 0) is 63.5 Å². The Balaban J connectivity index is 0.000000283. The van der Waals surface area contributed by atoms with Gasteiger partial charge in [-0.15, -0.1) is 0 Å². The lowest BCUT2D eigenvalue weighted by molar-refractivity contribution is -0.243. The molecule has 19 heteroatoms. The zero-order valence-electron chi connectivity index (χ0n) is 44.2. The van der Waals surface area contributed by atoms with E-state index in [0.717, 1.165) is 0 Å². The summed E-state index contributed by atoms with van der Waals surface area (Å²) in [4.78, 5) is 80.3. The van der Waals surface area contributed by atoms with Gasteiger partial charge in [0.1, 0.15) is 46.9 Å². The highest BCUT2D eigenvalue weighted by atomic mass is 16.7. The number of methoxy groups -OCH3 is 3. The maximum atomic E-state index is 13.8. The first kappa shape index (κ1) is 65.2. The number of ketones is 6. The molecule has 2 aliphatic heterocycles. The number of aromatic hydroxyl groups is 3. The number of benzene rings is 4. The number of rotatable bonds is 11. The molecule has 0 spiro atoms. The second kappa shape index (κ2) is 25.7. The Labute approximate surface area is 474 Å². The standard InChI is InChI=1S/C30H34O8.C28H31NO10.4CH4/c1-6-19(31)16-11-18-24(21(12-16)38-22-10-13(2)14(3)15(4)37-22)30(35)26-25(28(18)33)27(32)17-8-7-9-20(36-5)23(17)29(26)34;1-11-24(32)15(29)9-19(38-11)39-18-8-12(16(31)10-30)7-14-21(18)27(35)22-23(28(14)37-3)25(33)13-5-4-6-17(36-2)20(13)26(22)34;;;;/h7-9,13-16,21-22,33,35H,6,10-12H2,1-5H3;4-6,11-12,15,18-19,24,30,32,35H,7-10,29H2,1-3H3;4*1H4/t13-,14+,15-,16+,21-,22-;11-,12+,15-,18-,19-,24-;;;;/m00..../s1. The Morgan fingerprint density at radius 1 is 0.593 bits per heavy atom. The number of fused-ring (bicyclic) bond motifs is 6. The number of aliphatic hydroxyl groups is 2. The van der Waals surface area contributed by atoms with E-state index in [4.69, 9.17) is 38.9 Å². The fourth-order valence-corrected chi connectivity index (χ4v) is 12.1. The third kappa shape index (κ3) is 11.1. The summed E-state index contributed by atoms with van der Waals surface area (Å²) in [5.74, 6) is -4.12. The predicted octanol–water partition coefficient (Wildman–Crippen LogP) is 8.62. The van der Waals surface area contributed by atoms with E-state index < -0.39 is 102 Å². The molecule has 4 aromatic rings. The Hall–Kier alpha value is -6.58. The Morgan fingerprint density at radius 3 is 1.53 bits per heavy atom. The number of phenolic OH excluding ortho intramolecular Hbond substituents is 3. The zero-order valence-corrected chi connectivity index (χ0v) is 44.2. The van der Waals surface area contributed by atoms with Crippen LogP contribution in [0.4, 0.5) is 0 Å². The number of carbonyl (C=O) groups is 6. The van der Waals surface area contributed by atoms with Crippen molar-refractivity contribution in [1.29, 1.82) is 0 Å². The summed E-state index contributed by atoms with van der Waals surface area (Å²) < 4.78 is 40.9. The smallest absolute Gasteiger partial charge is 0.202 e. The topological polar surface area (TPSA) is 294 Å². The van der Waals surface area contributed by atoms with E-state index in [0.29, 0.717) is 30.2 Å². The van der Waals surface area contributed by atoms with Crippen molar-refractivity contribution < 1.29 is 87.5 Å². The Kier molecular flexibility index (Phi) is 20.7. The summed E-state index contributed by atoms with van der Waals surface area (Å²) >= 11 is 0. The molecule has 4 aliphatic carbocycles. The van der Waals surface area contributed by atoms with Crippen LogP contribution in [0, 0.1) is 23.7 Å². The molecule has 4 aromatic carbocycles. The molecule has 0 unspecified atom stereocenters. The summed E-state index contributed by atoms with van der Waals surface area (Å²) in [6, 6.07) is 8.67. The fourth-order valence-electron chi connectivity index (χ4n) is 12.1.